The Hall–Kier alpha value is -1.16. The molecule has 19 heavy (non-hydrogen) atoms. The third-order valence-electron chi connectivity index (χ3n) is 3.64. The number of nitrogens with one attached hydrogen (secondary N) is 1. The van der Waals surface area contributed by atoms with Gasteiger partial charge in [0.05, 0.1) is 0 Å². The smallest absolute Gasteiger partial charge is 0.162 e. The molecule has 1 aliphatic rings. The first-order valence-electron chi connectivity index (χ1n) is 7.32. The lowest BCUT2D eigenvalue weighted by Gasteiger charge is -2.33. The number of aromatic nitrogens is 2. The van der Waals surface area contributed by atoms with Crippen LogP contribution in [-0.4, -0.2) is 23.1 Å². The topological polar surface area (TPSA) is 47.0 Å². The van der Waals surface area contributed by atoms with E-state index in [4.69, 9.17) is 9.72 Å². The highest BCUT2D eigenvalue weighted by atomic mass is 16.5. The van der Waals surface area contributed by atoms with Crippen LogP contribution in [0.1, 0.15) is 64.4 Å². The first kappa shape index (κ1) is 14.3. The summed E-state index contributed by atoms with van der Waals surface area (Å²) in [6.45, 7) is 10.2. The Kier molecular flexibility index (Phi) is 4.40. The number of rotatable bonds is 4. The van der Waals surface area contributed by atoms with Crippen molar-refractivity contribution in [1.82, 2.24) is 9.97 Å². The van der Waals surface area contributed by atoms with Crippen LogP contribution in [0.4, 0.5) is 5.82 Å². The molecule has 2 heterocycles. The van der Waals surface area contributed by atoms with Gasteiger partial charge in [0.1, 0.15) is 11.4 Å². The molecule has 0 spiro atoms. The van der Waals surface area contributed by atoms with Gasteiger partial charge in [-0.1, -0.05) is 13.8 Å². The quantitative estimate of drug-likeness (QED) is 0.904. The summed E-state index contributed by atoms with van der Waals surface area (Å²) in [5.41, 5.74) is 0.754. The van der Waals surface area contributed by atoms with E-state index in [1.807, 2.05) is 6.07 Å². The second-order valence-electron chi connectivity index (χ2n) is 5.72. The zero-order chi connectivity index (χ0) is 13.9. The van der Waals surface area contributed by atoms with Crippen LogP contribution in [0.5, 0.6) is 0 Å². The van der Waals surface area contributed by atoms with Crippen LogP contribution in [0.3, 0.4) is 0 Å². The lowest BCUT2D eigenvalue weighted by molar-refractivity contribution is -0.0761. The predicted octanol–water partition coefficient (Wildman–Crippen LogP) is 3.45. The monoisotopic (exact) mass is 263 g/mol. The summed E-state index contributed by atoms with van der Waals surface area (Å²) in [6.07, 6.45) is 3.32. The van der Waals surface area contributed by atoms with E-state index in [1.165, 1.54) is 6.42 Å². The van der Waals surface area contributed by atoms with Crippen molar-refractivity contribution >= 4 is 5.82 Å². The molecule has 0 aliphatic carbocycles. The third-order valence-corrected chi connectivity index (χ3v) is 3.64. The minimum Gasteiger partial charge on any atom is -0.370 e. The fourth-order valence-electron chi connectivity index (χ4n) is 2.38. The van der Waals surface area contributed by atoms with Crippen molar-refractivity contribution in [3.63, 3.8) is 0 Å². The summed E-state index contributed by atoms with van der Waals surface area (Å²) in [5.74, 6) is 2.13. The zero-order valence-corrected chi connectivity index (χ0v) is 12.5. The molecule has 4 heteroatoms. The molecule has 1 aromatic heterocycles. The van der Waals surface area contributed by atoms with Gasteiger partial charge in [-0.3, -0.25) is 0 Å². The highest BCUT2D eigenvalue weighted by Crippen LogP contribution is 2.33. The van der Waals surface area contributed by atoms with Crippen LogP contribution in [0.25, 0.3) is 0 Å². The van der Waals surface area contributed by atoms with Crippen molar-refractivity contribution in [2.75, 3.05) is 18.5 Å². The molecule has 0 aromatic carbocycles. The van der Waals surface area contributed by atoms with E-state index in [0.717, 1.165) is 43.3 Å². The maximum Gasteiger partial charge on any atom is 0.162 e. The van der Waals surface area contributed by atoms with Crippen molar-refractivity contribution in [2.24, 2.45) is 0 Å². The molecule has 2 rings (SSSR count). The Bertz CT molecular complexity index is 425. The maximum atomic E-state index is 5.97. The molecule has 1 saturated heterocycles. The fraction of sp³-hybridized carbons (Fsp3) is 0.733. The van der Waals surface area contributed by atoms with Crippen molar-refractivity contribution < 1.29 is 4.74 Å². The molecule has 1 fully saturated rings. The largest absolute Gasteiger partial charge is 0.370 e. The van der Waals surface area contributed by atoms with Gasteiger partial charge in [-0.25, -0.2) is 9.97 Å². The highest BCUT2D eigenvalue weighted by Gasteiger charge is 2.33. The third kappa shape index (κ3) is 3.24. The molecule has 4 nitrogen and oxygen atoms in total. The van der Waals surface area contributed by atoms with Crippen LogP contribution in [0.15, 0.2) is 6.07 Å². The Balaban J connectivity index is 2.37. The van der Waals surface area contributed by atoms with Gasteiger partial charge >= 0.3 is 0 Å². The summed E-state index contributed by atoms with van der Waals surface area (Å²) >= 11 is 0. The summed E-state index contributed by atoms with van der Waals surface area (Å²) in [4.78, 5) is 9.39. The molecule has 1 aliphatic heterocycles. The average molecular weight is 263 g/mol. The van der Waals surface area contributed by atoms with Gasteiger partial charge in [0, 0.05) is 24.9 Å². The van der Waals surface area contributed by atoms with E-state index in [1.54, 1.807) is 0 Å². The molecule has 106 valence electrons. The molecule has 0 saturated carbocycles. The van der Waals surface area contributed by atoms with Crippen molar-refractivity contribution in [2.45, 2.75) is 58.5 Å². The average Bonchev–Trinajstić information content (AvgIpc) is 2.39. The molecule has 1 N–H and O–H groups in total. The van der Waals surface area contributed by atoms with Gasteiger partial charge in [-0.2, -0.15) is 0 Å². The first-order chi connectivity index (χ1) is 9.05. The second-order valence-corrected chi connectivity index (χ2v) is 5.72. The van der Waals surface area contributed by atoms with Crippen molar-refractivity contribution in [1.29, 1.82) is 0 Å². The Morgan fingerprint density at radius 2 is 2.16 bits per heavy atom. The lowest BCUT2D eigenvalue weighted by atomic mass is 9.94. The summed E-state index contributed by atoms with van der Waals surface area (Å²) in [6, 6.07) is 2.05. The molecule has 0 amide bonds. The van der Waals surface area contributed by atoms with Crippen LogP contribution in [0, 0.1) is 0 Å². The van der Waals surface area contributed by atoms with Gasteiger partial charge in [0.15, 0.2) is 5.82 Å². The van der Waals surface area contributed by atoms with Gasteiger partial charge in [0.25, 0.3) is 0 Å². The van der Waals surface area contributed by atoms with Crippen molar-refractivity contribution in [3.8, 4) is 0 Å². The van der Waals surface area contributed by atoms with Crippen molar-refractivity contribution in [3.05, 3.63) is 17.6 Å². The van der Waals surface area contributed by atoms with Gasteiger partial charge in [-0.15, -0.1) is 0 Å². The highest BCUT2D eigenvalue weighted by molar-refractivity contribution is 5.37. The minimum absolute atomic E-state index is 0.326. The minimum atomic E-state index is -0.326. The molecule has 1 aromatic rings. The van der Waals surface area contributed by atoms with E-state index >= 15 is 0 Å². The number of anilines is 1. The van der Waals surface area contributed by atoms with Gasteiger partial charge < -0.3 is 10.1 Å². The van der Waals surface area contributed by atoms with Crippen LogP contribution in [-0.2, 0) is 10.3 Å². The van der Waals surface area contributed by atoms with Gasteiger partial charge in [0.2, 0.25) is 0 Å². The molecular weight excluding hydrogens is 238 g/mol. The Morgan fingerprint density at radius 1 is 1.37 bits per heavy atom. The summed E-state index contributed by atoms with van der Waals surface area (Å²) in [5, 5.41) is 3.29. The van der Waals surface area contributed by atoms with Crippen LogP contribution in [0.2, 0.25) is 0 Å². The Morgan fingerprint density at radius 3 is 2.74 bits per heavy atom. The summed E-state index contributed by atoms with van der Waals surface area (Å²) in [7, 11) is 0. The predicted molar refractivity (Wildman–Crippen MR) is 77.4 cm³/mol. The normalized spacial score (nSPS) is 23.6. The van der Waals surface area contributed by atoms with E-state index in [9.17, 15) is 0 Å². The van der Waals surface area contributed by atoms with E-state index in [-0.39, 0.29) is 5.60 Å². The number of ether oxygens (including phenoxy) is 1. The van der Waals surface area contributed by atoms with Crippen LogP contribution >= 0.6 is 0 Å². The maximum absolute atomic E-state index is 5.97. The fourth-order valence-corrected chi connectivity index (χ4v) is 2.38. The number of nitrogens with zero attached hydrogens (tertiary/aromatic N) is 2. The first-order valence-corrected chi connectivity index (χ1v) is 7.32. The second kappa shape index (κ2) is 5.87. The molecule has 0 radical (unpaired) electrons. The van der Waals surface area contributed by atoms with Crippen LogP contribution < -0.4 is 5.32 Å². The molecule has 1 unspecified atom stereocenters. The zero-order valence-electron chi connectivity index (χ0n) is 12.5. The lowest BCUT2D eigenvalue weighted by Crippen LogP contribution is -2.33. The number of hydrogen-bond acceptors (Lipinski definition) is 4. The number of hydrogen-bond donors (Lipinski definition) is 1. The van der Waals surface area contributed by atoms with Gasteiger partial charge in [-0.05, 0) is 39.0 Å². The Labute approximate surface area is 116 Å². The SMILES string of the molecule is CCNc1cc(C(C)C)nc(C2(C)CCCCO2)n1. The van der Waals surface area contributed by atoms with E-state index in [0.29, 0.717) is 5.92 Å². The molecular formula is C15H25N3O. The van der Waals surface area contributed by atoms with E-state index < -0.39 is 0 Å². The standard InChI is InChI=1S/C15H25N3O/c1-5-16-13-10-12(11(2)3)17-14(18-13)15(4)8-6-7-9-19-15/h10-11H,5-9H2,1-4H3,(H,16,17,18). The molecule has 0 bridgehead atoms. The van der Waals surface area contributed by atoms with E-state index in [2.05, 4.69) is 38.0 Å². The molecule has 1 atom stereocenters. The summed E-state index contributed by atoms with van der Waals surface area (Å²) < 4.78 is 5.97.